The van der Waals surface area contributed by atoms with Gasteiger partial charge >= 0.3 is 0 Å². The number of hydrogen-bond acceptors (Lipinski definition) is 1. The molecule has 1 nitrogen and oxygen atoms in total. The average Bonchev–Trinajstić information content (AvgIpc) is 2.21. The van der Waals surface area contributed by atoms with Gasteiger partial charge in [-0.15, -0.1) is 0 Å². The molecule has 1 heteroatoms. The highest BCUT2D eigenvalue weighted by atomic mass is 14.6. The average molecular weight is 193 g/mol. The molecule has 2 saturated carbocycles. The van der Waals surface area contributed by atoms with Crippen molar-refractivity contribution in [3.05, 3.63) is 11.1 Å². The maximum atomic E-state index is 5.93. The zero-order chi connectivity index (χ0) is 9.97. The molecule has 2 N–H and O–H groups in total. The summed E-state index contributed by atoms with van der Waals surface area (Å²) in [4.78, 5) is 0. The van der Waals surface area contributed by atoms with Crippen molar-refractivity contribution in [1.82, 2.24) is 0 Å². The van der Waals surface area contributed by atoms with Crippen LogP contribution < -0.4 is 5.73 Å². The topological polar surface area (TPSA) is 26.0 Å². The van der Waals surface area contributed by atoms with Gasteiger partial charge in [0.2, 0.25) is 0 Å². The van der Waals surface area contributed by atoms with Crippen molar-refractivity contribution < 1.29 is 0 Å². The van der Waals surface area contributed by atoms with Crippen molar-refractivity contribution in [2.75, 3.05) is 0 Å². The van der Waals surface area contributed by atoms with Crippen LogP contribution in [0, 0.1) is 5.92 Å². The zero-order valence-electron chi connectivity index (χ0n) is 9.39. The second-order valence-electron chi connectivity index (χ2n) is 5.23. The molecule has 14 heavy (non-hydrogen) atoms. The van der Waals surface area contributed by atoms with Crippen LogP contribution in [0.5, 0.6) is 0 Å². The van der Waals surface area contributed by atoms with E-state index in [2.05, 4.69) is 6.92 Å². The molecule has 0 aromatic heterocycles. The van der Waals surface area contributed by atoms with Crippen molar-refractivity contribution in [3.8, 4) is 0 Å². The standard InChI is InChI=1S/C13H23N/c1-10-2-4-11(5-3-10)12-6-8-13(14)9-7-12/h10,13H,2-9,14H2,1H3. The highest BCUT2D eigenvalue weighted by Crippen LogP contribution is 2.34. The molecule has 0 amide bonds. The molecule has 0 saturated heterocycles. The van der Waals surface area contributed by atoms with E-state index in [1.807, 2.05) is 0 Å². The Bertz CT molecular complexity index is 185. The fraction of sp³-hybridized carbons (Fsp3) is 0.846. The Balaban J connectivity index is 1.95. The van der Waals surface area contributed by atoms with Crippen molar-refractivity contribution in [1.29, 1.82) is 0 Å². The molecule has 2 aliphatic rings. The minimum absolute atomic E-state index is 0.488. The number of nitrogens with two attached hydrogens (primary N) is 1. The van der Waals surface area contributed by atoms with Gasteiger partial charge in [0, 0.05) is 6.04 Å². The molecule has 0 aromatic carbocycles. The fourth-order valence-electron chi connectivity index (χ4n) is 2.81. The number of rotatable bonds is 0. The van der Waals surface area contributed by atoms with E-state index in [-0.39, 0.29) is 0 Å². The Kier molecular flexibility index (Phi) is 3.27. The second kappa shape index (κ2) is 4.48. The van der Waals surface area contributed by atoms with Crippen LogP contribution in [0.1, 0.15) is 58.3 Å². The van der Waals surface area contributed by atoms with E-state index in [0.29, 0.717) is 6.04 Å². The maximum Gasteiger partial charge on any atom is 0.00449 e. The monoisotopic (exact) mass is 193 g/mol. The largest absolute Gasteiger partial charge is 0.328 e. The minimum atomic E-state index is 0.488. The summed E-state index contributed by atoms with van der Waals surface area (Å²) in [5.41, 5.74) is 9.50. The highest BCUT2D eigenvalue weighted by molar-refractivity contribution is 5.18. The van der Waals surface area contributed by atoms with Gasteiger partial charge in [0.1, 0.15) is 0 Å². The summed E-state index contributed by atoms with van der Waals surface area (Å²) < 4.78 is 0. The van der Waals surface area contributed by atoms with Gasteiger partial charge < -0.3 is 5.73 Å². The molecule has 2 rings (SSSR count). The van der Waals surface area contributed by atoms with Crippen LogP contribution in [0.15, 0.2) is 11.1 Å². The first-order valence-electron chi connectivity index (χ1n) is 6.21. The molecule has 2 aliphatic carbocycles. The summed E-state index contributed by atoms with van der Waals surface area (Å²) in [7, 11) is 0. The van der Waals surface area contributed by atoms with Crippen LogP contribution in [0.3, 0.4) is 0 Å². The molecule has 2 fully saturated rings. The number of hydrogen-bond donors (Lipinski definition) is 1. The first-order valence-corrected chi connectivity index (χ1v) is 6.21. The molecule has 0 aliphatic heterocycles. The van der Waals surface area contributed by atoms with E-state index in [4.69, 9.17) is 5.73 Å². The van der Waals surface area contributed by atoms with Crippen LogP contribution in [-0.2, 0) is 0 Å². The molecular formula is C13H23N. The van der Waals surface area contributed by atoms with Crippen molar-refractivity contribution in [3.63, 3.8) is 0 Å². The predicted octanol–water partition coefficient (Wildman–Crippen LogP) is 3.39. The minimum Gasteiger partial charge on any atom is -0.328 e. The van der Waals surface area contributed by atoms with E-state index in [1.54, 1.807) is 11.1 Å². The Morgan fingerprint density at radius 1 is 0.857 bits per heavy atom. The lowest BCUT2D eigenvalue weighted by atomic mass is 9.80. The van der Waals surface area contributed by atoms with Crippen LogP contribution in [0.2, 0.25) is 0 Å². The van der Waals surface area contributed by atoms with E-state index < -0.39 is 0 Å². The van der Waals surface area contributed by atoms with Gasteiger partial charge in [-0.25, -0.2) is 0 Å². The Morgan fingerprint density at radius 3 is 1.79 bits per heavy atom. The highest BCUT2D eigenvalue weighted by Gasteiger charge is 2.19. The Labute approximate surface area is 87.8 Å². The normalized spacial score (nSPS) is 34.7. The molecular weight excluding hydrogens is 170 g/mol. The van der Waals surface area contributed by atoms with Crippen molar-refractivity contribution in [2.45, 2.75) is 64.3 Å². The molecule has 0 radical (unpaired) electrons. The lowest BCUT2D eigenvalue weighted by Gasteiger charge is -2.27. The molecule has 0 spiro atoms. The molecule has 0 bridgehead atoms. The summed E-state index contributed by atoms with van der Waals surface area (Å²) >= 11 is 0. The molecule has 0 aromatic rings. The maximum absolute atomic E-state index is 5.93. The third kappa shape index (κ3) is 2.38. The van der Waals surface area contributed by atoms with Crippen LogP contribution in [-0.4, -0.2) is 6.04 Å². The predicted molar refractivity (Wildman–Crippen MR) is 61.1 cm³/mol. The number of allylic oxidation sites excluding steroid dienone is 2. The third-order valence-electron chi connectivity index (χ3n) is 4.01. The van der Waals surface area contributed by atoms with E-state index in [1.165, 1.54) is 51.4 Å². The van der Waals surface area contributed by atoms with Crippen molar-refractivity contribution >= 4 is 0 Å². The summed E-state index contributed by atoms with van der Waals surface area (Å²) in [6, 6.07) is 0.488. The Morgan fingerprint density at radius 2 is 1.29 bits per heavy atom. The van der Waals surface area contributed by atoms with Gasteiger partial charge in [0.25, 0.3) is 0 Å². The molecule has 80 valence electrons. The van der Waals surface area contributed by atoms with Crippen LogP contribution >= 0.6 is 0 Å². The van der Waals surface area contributed by atoms with Crippen LogP contribution in [0.4, 0.5) is 0 Å². The SMILES string of the molecule is CC1CCC(=C2CCC(N)CC2)CC1. The van der Waals surface area contributed by atoms with Gasteiger partial charge in [-0.05, 0) is 57.3 Å². The van der Waals surface area contributed by atoms with E-state index >= 15 is 0 Å². The van der Waals surface area contributed by atoms with E-state index in [0.717, 1.165) is 5.92 Å². The zero-order valence-corrected chi connectivity index (χ0v) is 9.39. The lowest BCUT2D eigenvalue weighted by Crippen LogP contribution is -2.24. The first-order chi connectivity index (χ1) is 6.75. The van der Waals surface area contributed by atoms with Gasteiger partial charge in [-0.2, -0.15) is 0 Å². The molecule has 0 atom stereocenters. The quantitative estimate of drug-likeness (QED) is 0.586. The van der Waals surface area contributed by atoms with Gasteiger partial charge in [0.15, 0.2) is 0 Å². The summed E-state index contributed by atoms with van der Waals surface area (Å²) in [6.45, 7) is 2.39. The smallest absolute Gasteiger partial charge is 0.00449 e. The van der Waals surface area contributed by atoms with Crippen molar-refractivity contribution in [2.24, 2.45) is 11.7 Å². The lowest BCUT2D eigenvalue weighted by molar-refractivity contribution is 0.430. The third-order valence-corrected chi connectivity index (χ3v) is 4.01. The molecule has 0 unspecified atom stereocenters. The summed E-state index contributed by atoms with van der Waals surface area (Å²) in [5, 5.41) is 0. The summed E-state index contributed by atoms with van der Waals surface area (Å²) in [5.74, 6) is 0.963. The molecule has 0 heterocycles. The van der Waals surface area contributed by atoms with Gasteiger partial charge in [-0.1, -0.05) is 18.1 Å². The van der Waals surface area contributed by atoms with Gasteiger partial charge in [-0.3, -0.25) is 0 Å². The van der Waals surface area contributed by atoms with Gasteiger partial charge in [0.05, 0.1) is 0 Å². The first kappa shape index (κ1) is 10.2. The van der Waals surface area contributed by atoms with Crippen LogP contribution in [0.25, 0.3) is 0 Å². The second-order valence-corrected chi connectivity index (χ2v) is 5.23. The Hall–Kier alpha value is -0.300. The van der Waals surface area contributed by atoms with E-state index in [9.17, 15) is 0 Å². The fourth-order valence-corrected chi connectivity index (χ4v) is 2.81. The summed E-state index contributed by atoms with van der Waals surface area (Å²) in [6.07, 6.45) is 10.7.